The first-order valence-electron chi connectivity index (χ1n) is 10.3. The molecule has 1 aliphatic carbocycles. The molecule has 0 saturated heterocycles. The number of rotatable bonds is 12. The topological polar surface area (TPSA) is 101 Å². The molecular formula is C22H42N2O2. The number of hydrogen-bond acceptors (Lipinski definition) is 3. The van der Waals surface area contributed by atoms with Crippen LogP contribution in [0.4, 0.5) is 0 Å². The minimum Gasteiger partial charge on any atom is -0.412 e. The van der Waals surface area contributed by atoms with Crippen molar-refractivity contribution in [2.75, 3.05) is 0 Å². The summed E-state index contributed by atoms with van der Waals surface area (Å²) in [4.78, 5) is 10.1. The Morgan fingerprint density at radius 2 is 1.19 bits per heavy atom. The highest BCUT2D eigenvalue weighted by Gasteiger charge is 2.08. The van der Waals surface area contributed by atoms with Gasteiger partial charge in [-0.15, -0.1) is 0 Å². The van der Waals surface area contributed by atoms with Gasteiger partial charge >= 0.3 is 0 Å². The van der Waals surface area contributed by atoms with Crippen LogP contribution in [0.3, 0.4) is 0 Å². The maximum atomic E-state index is 10.1. The monoisotopic (exact) mass is 366 g/mol. The smallest absolute Gasteiger partial charge is 0.129 e. The predicted octanol–water partition coefficient (Wildman–Crippen LogP) is 4.76. The van der Waals surface area contributed by atoms with Gasteiger partial charge in [-0.3, -0.25) is 0 Å². The molecule has 4 heteroatoms. The molecule has 0 aromatic rings. The van der Waals surface area contributed by atoms with Crippen LogP contribution in [0.2, 0.25) is 0 Å². The molecule has 0 heterocycles. The molecule has 1 atom stereocenters. The summed E-state index contributed by atoms with van der Waals surface area (Å²) in [7, 11) is 0. The van der Waals surface area contributed by atoms with E-state index in [2.05, 4.69) is 13.8 Å². The number of allylic oxidation sites excluding steroid dienone is 1. The maximum Gasteiger partial charge on any atom is 0.129 e. The van der Waals surface area contributed by atoms with Gasteiger partial charge in [0.05, 0.1) is 11.6 Å². The average Bonchev–Trinajstić information content (AvgIpc) is 2.60. The van der Waals surface area contributed by atoms with Gasteiger partial charge < -0.3 is 16.9 Å². The van der Waals surface area contributed by atoms with E-state index in [1.807, 2.05) is 0 Å². The minimum atomic E-state index is -0.387. The highest BCUT2D eigenvalue weighted by Crippen LogP contribution is 2.12. The summed E-state index contributed by atoms with van der Waals surface area (Å²) in [6.07, 6.45) is 23.7. The van der Waals surface area contributed by atoms with E-state index in [9.17, 15) is 4.79 Å². The predicted molar refractivity (Wildman–Crippen MR) is 114 cm³/mol. The summed E-state index contributed by atoms with van der Waals surface area (Å²) in [5, 5.41) is 0. The summed E-state index contributed by atoms with van der Waals surface area (Å²) >= 11 is 0. The van der Waals surface area contributed by atoms with Crippen LogP contribution in [0.1, 0.15) is 97.3 Å². The molecule has 152 valence electrons. The number of hydrogen-bond donors (Lipinski definition) is 2. The van der Waals surface area contributed by atoms with Gasteiger partial charge in [-0.05, 0) is 18.2 Å². The zero-order valence-electron chi connectivity index (χ0n) is 17.1. The highest BCUT2D eigenvalue weighted by molar-refractivity contribution is 5.62. The van der Waals surface area contributed by atoms with Gasteiger partial charge in [-0.25, -0.2) is 4.79 Å². The van der Waals surface area contributed by atoms with Crippen molar-refractivity contribution >= 4 is 5.94 Å². The van der Waals surface area contributed by atoms with Crippen LogP contribution in [0.5, 0.6) is 0 Å². The Kier molecular flexibility index (Phi) is 20.6. The van der Waals surface area contributed by atoms with Crippen molar-refractivity contribution in [2.24, 2.45) is 11.5 Å². The Morgan fingerprint density at radius 3 is 1.50 bits per heavy atom. The van der Waals surface area contributed by atoms with E-state index in [0.717, 1.165) is 0 Å². The summed E-state index contributed by atoms with van der Waals surface area (Å²) in [6.45, 7) is 4.58. The molecule has 0 aromatic carbocycles. The van der Waals surface area contributed by atoms with Crippen molar-refractivity contribution in [1.82, 2.24) is 0 Å². The third-order valence-corrected chi connectivity index (χ3v) is 4.51. The maximum absolute atomic E-state index is 10.1. The van der Waals surface area contributed by atoms with Crippen molar-refractivity contribution in [2.45, 2.75) is 103 Å². The molecule has 0 aromatic heterocycles. The van der Waals surface area contributed by atoms with Crippen LogP contribution in [0.25, 0.3) is 0 Å². The second-order valence-corrected chi connectivity index (χ2v) is 6.97. The van der Waals surface area contributed by atoms with Crippen molar-refractivity contribution < 1.29 is 10.3 Å². The summed E-state index contributed by atoms with van der Waals surface area (Å²) in [5.41, 5.74) is 11.9. The highest BCUT2D eigenvalue weighted by atomic mass is 16.1. The normalized spacial score (nSPS) is 15.4. The Morgan fingerprint density at radius 1 is 0.808 bits per heavy atom. The van der Waals surface area contributed by atoms with E-state index in [1.54, 1.807) is 24.2 Å². The fourth-order valence-corrected chi connectivity index (χ4v) is 2.84. The first-order chi connectivity index (χ1) is 12.2. The lowest BCUT2D eigenvalue weighted by Crippen LogP contribution is -2.23. The lowest BCUT2D eigenvalue weighted by molar-refractivity contribution is 0.542. The molecule has 6 N–H and O–H groups in total. The van der Waals surface area contributed by atoms with E-state index in [1.165, 1.54) is 83.5 Å². The average molecular weight is 367 g/mol. The molecule has 0 fully saturated rings. The van der Waals surface area contributed by atoms with Crippen molar-refractivity contribution in [1.29, 1.82) is 0 Å². The SMILES string of the molecule is CCCCCCCCCCCCCCC.NC1=CC(N)C(=C=O)C=C1.O. The number of unbranched alkanes of at least 4 members (excludes halogenated alkanes) is 12. The molecule has 1 unspecified atom stereocenters. The van der Waals surface area contributed by atoms with Crippen LogP contribution in [-0.2, 0) is 4.79 Å². The summed E-state index contributed by atoms with van der Waals surface area (Å²) < 4.78 is 0. The lowest BCUT2D eigenvalue weighted by atomic mass is 10.0. The molecule has 1 rings (SSSR count). The summed E-state index contributed by atoms with van der Waals surface area (Å²) in [6, 6.07) is -0.387. The van der Waals surface area contributed by atoms with Gasteiger partial charge in [0.15, 0.2) is 0 Å². The molecule has 0 spiro atoms. The fourth-order valence-electron chi connectivity index (χ4n) is 2.84. The van der Waals surface area contributed by atoms with E-state index in [0.29, 0.717) is 11.3 Å². The molecule has 0 amide bonds. The lowest BCUT2D eigenvalue weighted by Gasteiger charge is -2.09. The fraction of sp³-hybridized carbons (Fsp3) is 0.727. The van der Waals surface area contributed by atoms with Crippen LogP contribution in [0.15, 0.2) is 29.5 Å². The van der Waals surface area contributed by atoms with Crippen LogP contribution in [0, 0.1) is 0 Å². The first kappa shape index (κ1) is 26.9. The molecule has 4 nitrogen and oxygen atoms in total. The van der Waals surface area contributed by atoms with E-state index in [4.69, 9.17) is 11.5 Å². The van der Waals surface area contributed by atoms with Crippen LogP contribution in [-0.4, -0.2) is 17.5 Å². The molecule has 0 aliphatic heterocycles. The van der Waals surface area contributed by atoms with E-state index >= 15 is 0 Å². The van der Waals surface area contributed by atoms with E-state index < -0.39 is 0 Å². The third kappa shape index (κ3) is 16.1. The third-order valence-electron chi connectivity index (χ3n) is 4.51. The Labute approximate surface area is 161 Å². The molecular weight excluding hydrogens is 324 g/mol. The molecule has 0 bridgehead atoms. The van der Waals surface area contributed by atoms with Gasteiger partial charge in [0.1, 0.15) is 5.94 Å². The molecule has 0 radical (unpaired) electrons. The zero-order chi connectivity index (χ0) is 18.8. The minimum absolute atomic E-state index is 0. The quantitative estimate of drug-likeness (QED) is 0.384. The Hall–Kier alpha value is -1.35. The van der Waals surface area contributed by atoms with Crippen LogP contribution < -0.4 is 11.5 Å². The Bertz CT molecular complexity index is 412. The Balaban J connectivity index is 0. The van der Waals surface area contributed by atoms with Crippen molar-refractivity contribution in [3.8, 4) is 0 Å². The first-order valence-corrected chi connectivity index (χ1v) is 10.3. The van der Waals surface area contributed by atoms with E-state index in [-0.39, 0.29) is 11.5 Å². The van der Waals surface area contributed by atoms with Crippen molar-refractivity contribution in [3.63, 3.8) is 0 Å². The molecule has 1 aliphatic rings. The number of carbonyl (C=O) groups excluding carboxylic acids is 1. The second kappa shape index (κ2) is 20.0. The van der Waals surface area contributed by atoms with Gasteiger partial charge in [0.25, 0.3) is 0 Å². The molecule has 0 saturated carbocycles. The van der Waals surface area contributed by atoms with Gasteiger partial charge in [0, 0.05) is 5.70 Å². The van der Waals surface area contributed by atoms with Crippen molar-refractivity contribution in [3.05, 3.63) is 29.5 Å². The largest absolute Gasteiger partial charge is 0.412 e. The zero-order valence-corrected chi connectivity index (χ0v) is 17.1. The second-order valence-electron chi connectivity index (χ2n) is 6.97. The summed E-state index contributed by atoms with van der Waals surface area (Å²) in [5.74, 6) is 1.73. The van der Waals surface area contributed by atoms with Gasteiger partial charge in [-0.1, -0.05) is 97.3 Å². The standard InChI is InChI=1S/C15H32.C7H8N2O.H2O/c1-3-5-7-9-11-13-15-14-12-10-8-6-4-2;8-6-2-1-5(4-10)7(9)3-6;/h3-15H2,1-2H3;1-3,7H,8-9H2;1H2. The number of nitrogens with two attached hydrogens (primary N) is 2. The molecule has 26 heavy (non-hydrogen) atoms. The van der Waals surface area contributed by atoms with Gasteiger partial charge in [0.2, 0.25) is 0 Å². The van der Waals surface area contributed by atoms with Gasteiger partial charge in [-0.2, -0.15) is 0 Å². The van der Waals surface area contributed by atoms with Crippen LogP contribution >= 0.6 is 0 Å².